The van der Waals surface area contributed by atoms with E-state index in [-0.39, 0.29) is 17.7 Å². The zero-order chi connectivity index (χ0) is 19.2. The molecule has 0 aromatic heterocycles. The minimum atomic E-state index is -1.70. The summed E-state index contributed by atoms with van der Waals surface area (Å²) in [5, 5.41) is 23.4. The maximum absolute atomic E-state index is 12.3. The number of ether oxygens (including phenoxy) is 2. The second kappa shape index (κ2) is 5.95. The van der Waals surface area contributed by atoms with Gasteiger partial charge in [-0.15, -0.1) is 0 Å². The van der Waals surface area contributed by atoms with E-state index in [1.165, 1.54) is 26.2 Å². The normalized spacial score (nSPS) is 35.6. The first kappa shape index (κ1) is 19.1. The number of hydrogen-bond acceptors (Lipinski definition) is 8. The molecular formula is C16H24N6O3. The maximum atomic E-state index is 12.3. The molecular weight excluding hydrogens is 324 g/mol. The van der Waals surface area contributed by atoms with Crippen molar-refractivity contribution >= 4 is 11.7 Å². The smallest absolute Gasteiger partial charge is 0.292 e. The molecule has 25 heavy (non-hydrogen) atoms. The van der Waals surface area contributed by atoms with Gasteiger partial charge in [0.2, 0.25) is 5.91 Å². The monoisotopic (exact) mass is 348 g/mol. The Morgan fingerprint density at radius 3 is 2.24 bits per heavy atom. The van der Waals surface area contributed by atoms with Crippen LogP contribution in [0.4, 0.5) is 0 Å². The van der Waals surface area contributed by atoms with E-state index in [0.29, 0.717) is 6.42 Å². The van der Waals surface area contributed by atoms with E-state index in [1.54, 1.807) is 19.1 Å². The summed E-state index contributed by atoms with van der Waals surface area (Å²) in [6, 6.07) is 3.79. The number of hydrazine groups is 1. The molecule has 0 aromatic carbocycles. The molecule has 1 heterocycles. The first-order chi connectivity index (χ1) is 11.7. The lowest BCUT2D eigenvalue weighted by Gasteiger charge is -2.44. The number of aliphatic imine (C=N–C) groups is 1. The van der Waals surface area contributed by atoms with E-state index in [0.717, 1.165) is 0 Å². The SMILES string of the molecule is COC1(OC)N=C(N)C2(C#N)C(N(C(C)=O)N(C)C)CC(C)C12C#N. The number of amidine groups is 1. The molecule has 0 saturated heterocycles. The molecule has 1 saturated carbocycles. The van der Waals surface area contributed by atoms with Gasteiger partial charge in [0.25, 0.3) is 5.91 Å². The van der Waals surface area contributed by atoms with Gasteiger partial charge >= 0.3 is 0 Å². The number of hydrogen-bond donors (Lipinski definition) is 1. The molecule has 1 fully saturated rings. The molecule has 0 bridgehead atoms. The van der Waals surface area contributed by atoms with Crippen molar-refractivity contribution in [3.05, 3.63) is 0 Å². The Morgan fingerprint density at radius 2 is 1.88 bits per heavy atom. The molecule has 1 amide bonds. The number of amides is 1. The number of nitriles is 2. The van der Waals surface area contributed by atoms with Gasteiger partial charge in [0, 0.05) is 35.2 Å². The van der Waals surface area contributed by atoms with Crippen LogP contribution in [-0.4, -0.2) is 62.0 Å². The van der Waals surface area contributed by atoms with Gasteiger partial charge in [-0.1, -0.05) is 6.92 Å². The number of nitrogens with two attached hydrogens (primary N) is 1. The van der Waals surface area contributed by atoms with Gasteiger partial charge in [-0.25, -0.2) is 10.0 Å². The number of rotatable bonds is 4. The third-order valence-electron chi connectivity index (χ3n) is 5.56. The molecule has 9 nitrogen and oxygen atoms in total. The van der Waals surface area contributed by atoms with E-state index in [4.69, 9.17) is 15.2 Å². The third-order valence-corrected chi connectivity index (χ3v) is 5.56. The van der Waals surface area contributed by atoms with Crippen molar-refractivity contribution in [2.24, 2.45) is 27.5 Å². The van der Waals surface area contributed by atoms with Gasteiger partial charge < -0.3 is 15.2 Å². The largest absolute Gasteiger partial charge is 0.386 e. The molecule has 2 N–H and O–H groups in total. The summed E-state index contributed by atoms with van der Waals surface area (Å²) in [5.41, 5.74) is 3.16. The van der Waals surface area contributed by atoms with E-state index >= 15 is 0 Å². The van der Waals surface area contributed by atoms with Crippen molar-refractivity contribution in [3.63, 3.8) is 0 Å². The summed E-state index contributed by atoms with van der Waals surface area (Å²) < 4.78 is 11.0. The fourth-order valence-electron chi connectivity index (χ4n) is 4.66. The number of fused-ring (bicyclic) bond motifs is 1. The number of methoxy groups -OCH3 is 2. The zero-order valence-electron chi connectivity index (χ0n) is 15.4. The van der Waals surface area contributed by atoms with Gasteiger partial charge in [0.1, 0.15) is 5.84 Å². The molecule has 4 unspecified atom stereocenters. The highest BCUT2D eigenvalue weighted by Gasteiger charge is 2.82. The molecule has 1 aliphatic heterocycles. The van der Waals surface area contributed by atoms with Crippen molar-refractivity contribution in [2.45, 2.75) is 32.2 Å². The van der Waals surface area contributed by atoms with Crippen LogP contribution in [0.2, 0.25) is 0 Å². The van der Waals surface area contributed by atoms with Crippen LogP contribution in [0, 0.1) is 39.4 Å². The highest BCUT2D eigenvalue weighted by Crippen LogP contribution is 2.67. The lowest BCUT2D eigenvalue weighted by atomic mass is 9.61. The lowest BCUT2D eigenvalue weighted by molar-refractivity contribution is -0.266. The summed E-state index contributed by atoms with van der Waals surface area (Å²) in [6.45, 7) is 3.23. The Kier molecular flexibility index (Phi) is 4.56. The number of carbonyl (C=O) groups excluding carboxylic acids is 1. The highest BCUT2D eigenvalue weighted by molar-refractivity contribution is 5.95. The highest BCUT2D eigenvalue weighted by atomic mass is 16.7. The van der Waals surface area contributed by atoms with Crippen LogP contribution in [-0.2, 0) is 14.3 Å². The van der Waals surface area contributed by atoms with Gasteiger partial charge in [-0.2, -0.15) is 10.5 Å². The first-order valence-corrected chi connectivity index (χ1v) is 7.91. The molecule has 4 atom stereocenters. The summed E-state index contributed by atoms with van der Waals surface area (Å²) in [7, 11) is 6.13. The average molecular weight is 348 g/mol. The summed E-state index contributed by atoms with van der Waals surface area (Å²) in [6.07, 6.45) is 0.379. The lowest BCUT2D eigenvalue weighted by Crippen LogP contribution is -2.62. The second-order valence-corrected chi connectivity index (χ2v) is 6.69. The minimum Gasteiger partial charge on any atom is -0.386 e. The first-order valence-electron chi connectivity index (χ1n) is 7.91. The van der Waals surface area contributed by atoms with Crippen LogP contribution in [0.5, 0.6) is 0 Å². The van der Waals surface area contributed by atoms with Crippen molar-refractivity contribution in [1.82, 2.24) is 10.0 Å². The Morgan fingerprint density at radius 1 is 1.32 bits per heavy atom. The van der Waals surface area contributed by atoms with Gasteiger partial charge in [-0.3, -0.25) is 9.80 Å². The third kappa shape index (κ3) is 1.92. The van der Waals surface area contributed by atoms with Crippen molar-refractivity contribution < 1.29 is 14.3 Å². The van der Waals surface area contributed by atoms with Crippen LogP contribution in [0.25, 0.3) is 0 Å². The number of nitrogens with zero attached hydrogens (tertiary/aromatic N) is 5. The molecule has 0 aromatic rings. The summed E-state index contributed by atoms with van der Waals surface area (Å²) in [4.78, 5) is 16.6. The average Bonchev–Trinajstić information content (AvgIpc) is 2.94. The van der Waals surface area contributed by atoms with E-state index in [2.05, 4.69) is 17.1 Å². The summed E-state index contributed by atoms with van der Waals surface area (Å²) >= 11 is 0. The molecule has 1 aliphatic carbocycles. The van der Waals surface area contributed by atoms with Crippen molar-refractivity contribution in [2.75, 3.05) is 28.3 Å². The van der Waals surface area contributed by atoms with Crippen molar-refractivity contribution in [1.29, 1.82) is 10.5 Å². The molecule has 136 valence electrons. The fourth-order valence-corrected chi connectivity index (χ4v) is 4.66. The molecule has 2 rings (SSSR count). The zero-order valence-corrected chi connectivity index (χ0v) is 15.4. The predicted octanol–water partition coefficient (Wildman–Crippen LogP) is 0.0573. The van der Waals surface area contributed by atoms with Gasteiger partial charge in [0.15, 0.2) is 10.8 Å². The van der Waals surface area contributed by atoms with E-state index < -0.39 is 22.8 Å². The molecule has 0 spiro atoms. The second-order valence-electron chi connectivity index (χ2n) is 6.69. The molecule has 2 aliphatic rings. The van der Waals surface area contributed by atoms with Gasteiger partial charge in [0.05, 0.1) is 18.2 Å². The standard InChI is InChI=1S/C16H24N6O3/c1-10-7-12(22(11(2)23)21(3)4)14(8-17)13(19)20-16(24-5,25-6)15(10,14)9-18/h10,12H,7H2,1-6H3,(H2,19,20). The maximum Gasteiger partial charge on any atom is 0.292 e. The number of carbonyl (C=O) groups is 1. The molecule has 9 heteroatoms. The Hall–Kier alpha value is -2.20. The van der Waals surface area contributed by atoms with Crippen LogP contribution in [0.1, 0.15) is 20.3 Å². The van der Waals surface area contributed by atoms with Crippen LogP contribution in [0.3, 0.4) is 0 Å². The van der Waals surface area contributed by atoms with E-state index in [9.17, 15) is 15.3 Å². The molecule has 0 radical (unpaired) electrons. The summed E-state index contributed by atoms with van der Waals surface area (Å²) in [5.74, 6) is -2.38. The Labute approximate surface area is 147 Å². The quantitative estimate of drug-likeness (QED) is 0.562. The Balaban J connectivity index is 2.83. The predicted molar refractivity (Wildman–Crippen MR) is 88.2 cm³/mol. The van der Waals surface area contributed by atoms with E-state index in [1.807, 2.05) is 6.92 Å². The minimum absolute atomic E-state index is 0.0531. The van der Waals surface area contributed by atoms with Crippen LogP contribution < -0.4 is 5.73 Å². The van der Waals surface area contributed by atoms with Crippen LogP contribution in [0.15, 0.2) is 4.99 Å². The van der Waals surface area contributed by atoms with Crippen molar-refractivity contribution in [3.8, 4) is 12.1 Å². The fraction of sp³-hybridized carbons (Fsp3) is 0.750. The topological polar surface area (TPSA) is 128 Å². The Bertz CT molecular complexity index is 689. The van der Waals surface area contributed by atoms with Gasteiger partial charge in [-0.05, 0) is 12.3 Å². The van der Waals surface area contributed by atoms with Crippen LogP contribution >= 0.6 is 0 Å².